The second-order valence-corrected chi connectivity index (χ2v) is 5.91. The Kier molecular flexibility index (Phi) is 4.71. The van der Waals surface area contributed by atoms with Gasteiger partial charge in [-0.3, -0.25) is 4.98 Å². The predicted octanol–water partition coefficient (Wildman–Crippen LogP) is 2.41. The fourth-order valence-corrected chi connectivity index (χ4v) is 2.56. The maximum Gasteiger partial charge on any atom is 0.138 e. The van der Waals surface area contributed by atoms with Crippen molar-refractivity contribution < 1.29 is 9.84 Å². The fourth-order valence-electron chi connectivity index (χ4n) is 2.56. The number of pyridine rings is 1. The fraction of sp³-hybridized carbons (Fsp3) is 0.389. The monoisotopic (exact) mass is 298 g/mol. The van der Waals surface area contributed by atoms with Gasteiger partial charge in [-0.1, -0.05) is 24.3 Å². The molecule has 2 heterocycles. The summed E-state index contributed by atoms with van der Waals surface area (Å²) in [6.45, 7) is 3.58. The van der Waals surface area contributed by atoms with E-state index in [2.05, 4.69) is 22.4 Å². The summed E-state index contributed by atoms with van der Waals surface area (Å²) in [5.74, 6) is 0.798. The predicted molar refractivity (Wildman–Crippen MR) is 87.0 cm³/mol. The molecule has 4 nitrogen and oxygen atoms in total. The Morgan fingerprint density at radius 3 is 2.91 bits per heavy atom. The molecule has 22 heavy (non-hydrogen) atoms. The van der Waals surface area contributed by atoms with E-state index in [-0.39, 0.29) is 6.10 Å². The first-order valence-corrected chi connectivity index (χ1v) is 7.79. The Labute approximate surface area is 131 Å². The lowest BCUT2D eigenvalue weighted by Crippen LogP contribution is -2.46. The molecule has 0 bridgehead atoms. The van der Waals surface area contributed by atoms with E-state index < -0.39 is 0 Å². The van der Waals surface area contributed by atoms with Gasteiger partial charge in [0.05, 0.1) is 12.3 Å². The third kappa shape index (κ3) is 3.84. The number of hydrogen-bond acceptors (Lipinski definition) is 4. The molecule has 0 unspecified atom stereocenters. The van der Waals surface area contributed by atoms with Crippen molar-refractivity contribution in [2.24, 2.45) is 0 Å². The summed E-state index contributed by atoms with van der Waals surface area (Å²) in [6, 6.07) is 10.7. The zero-order valence-corrected chi connectivity index (χ0v) is 12.8. The minimum Gasteiger partial charge on any atom is -0.490 e. The Morgan fingerprint density at radius 1 is 1.32 bits per heavy atom. The van der Waals surface area contributed by atoms with Crippen molar-refractivity contribution in [3.05, 3.63) is 48.3 Å². The maximum absolute atomic E-state index is 9.52. The normalized spacial score (nSPS) is 18.5. The first-order chi connectivity index (χ1) is 10.7. The molecule has 0 aliphatic carbocycles. The largest absolute Gasteiger partial charge is 0.490 e. The summed E-state index contributed by atoms with van der Waals surface area (Å²) in [6.07, 6.45) is 5.09. The van der Waals surface area contributed by atoms with Crippen molar-refractivity contribution in [2.75, 3.05) is 13.2 Å². The molecule has 1 aliphatic rings. The number of rotatable bonds is 6. The van der Waals surface area contributed by atoms with Crippen LogP contribution in [-0.2, 0) is 6.42 Å². The summed E-state index contributed by atoms with van der Waals surface area (Å²) in [5.41, 5.74) is 3.25. The summed E-state index contributed by atoms with van der Waals surface area (Å²) >= 11 is 0. The second kappa shape index (κ2) is 6.90. The van der Waals surface area contributed by atoms with Crippen LogP contribution >= 0.6 is 0 Å². The third-order valence-electron chi connectivity index (χ3n) is 3.88. The van der Waals surface area contributed by atoms with Crippen molar-refractivity contribution in [3.8, 4) is 16.9 Å². The highest BCUT2D eigenvalue weighted by molar-refractivity contribution is 5.64. The zero-order valence-electron chi connectivity index (χ0n) is 12.8. The van der Waals surface area contributed by atoms with Gasteiger partial charge in [0.25, 0.3) is 0 Å². The standard InChI is InChI=1S/C18H22N2O2/c1-13(21)7-14-3-2-4-15(8-14)16-9-18(11-19-10-16)22-12-17-5-6-20-17/h2-4,8-11,13,17,20-21H,5-7,12H2,1H3/t13-,17+/m1/s1. The molecule has 1 aliphatic heterocycles. The Morgan fingerprint density at radius 2 is 2.18 bits per heavy atom. The molecule has 0 radical (unpaired) electrons. The van der Waals surface area contributed by atoms with Crippen molar-refractivity contribution in [1.82, 2.24) is 10.3 Å². The zero-order chi connectivity index (χ0) is 15.4. The van der Waals surface area contributed by atoms with Crippen LogP contribution in [0.25, 0.3) is 11.1 Å². The van der Waals surface area contributed by atoms with Crippen LogP contribution in [0.1, 0.15) is 18.9 Å². The van der Waals surface area contributed by atoms with Crippen LogP contribution < -0.4 is 10.1 Å². The van der Waals surface area contributed by atoms with E-state index >= 15 is 0 Å². The van der Waals surface area contributed by atoms with E-state index in [1.54, 1.807) is 13.1 Å². The Bertz CT molecular complexity index is 624. The number of nitrogens with zero attached hydrogens (tertiary/aromatic N) is 1. The molecule has 0 saturated carbocycles. The summed E-state index contributed by atoms with van der Waals surface area (Å²) in [4.78, 5) is 4.28. The molecular weight excluding hydrogens is 276 g/mol. The van der Waals surface area contributed by atoms with Crippen LogP contribution in [0.5, 0.6) is 5.75 Å². The van der Waals surface area contributed by atoms with Gasteiger partial charge < -0.3 is 15.2 Å². The molecule has 1 fully saturated rings. The quantitative estimate of drug-likeness (QED) is 0.860. The first-order valence-electron chi connectivity index (χ1n) is 7.79. The molecule has 0 amide bonds. The molecule has 0 spiro atoms. The number of nitrogens with one attached hydrogen (secondary N) is 1. The lowest BCUT2D eigenvalue weighted by atomic mass is 10.0. The number of benzene rings is 1. The molecule has 1 saturated heterocycles. The number of aliphatic hydroxyl groups excluding tert-OH is 1. The molecule has 116 valence electrons. The smallest absolute Gasteiger partial charge is 0.138 e. The van der Waals surface area contributed by atoms with Gasteiger partial charge in [0, 0.05) is 17.8 Å². The van der Waals surface area contributed by atoms with E-state index in [1.165, 1.54) is 6.42 Å². The van der Waals surface area contributed by atoms with Gasteiger partial charge in [-0.15, -0.1) is 0 Å². The number of aliphatic hydroxyl groups is 1. The minimum absolute atomic E-state index is 0.335. The lowest BCUT2D eigenvalue weighted by Gasteiger charge is -2.27. The van der Waals surface area contributed by atoms with Gasteiger partial charge >= 0.3 is 0 Å². The van der Waals surface area contributed by atoms with E-state index in [9.17, 15) is 5.11 Å². The van der Waals surface area contributed by atoms with Crippen LogP contribution in [0.3, 0.4) is 0 Å². The van der Waals surface area contributed by atoms with Crippen molar-refractivity contribution >= 4 is 0 Å². The molecule has 1 aromatic heterocycles. The molecule has 2 aromatic rings. The highest BCUT2D eigenvalue weighted by Crippen LogP contribution is 2.24. The van der Waals surface area contributed by atoms with Crippen LogP contribution in [0, 0.1) is 0 Å². The van der Waals surface area contributed by atoms with Gasteiger partial charge in [0.15, 0.2) is 0 Å². The second-order valence-electron chi connectivity index (χ2n) is 5.91. The lowest BCUT2D eigenvalue weighted by molar-refractivity contribution is 0.195. The molecule has 2 N–H and O–H groups in total. The summed E-state index contributed by atoms with van der Waals surface area (Å²) < 4.78 is 5.80. The van der Waals surface area contributed by atoms with Gasteiger partial charge in [0.1, 0.15) is 12.4 Å². The van der Waals surface area contributed by atoms with E-state index in [4.69, 9.17) is 4.74 Å². The van der Waals surface area contributed by atoms with E-state index in [0.717, 1.165) is 29.0 Å². The highest BCUT2D eigenvalue weighted by Gasteiger charge is 2.16. The van der Waals surface area contributed by atoms with Crippen molar-refractivity contribution in [3.63, 3.8) is 0 Å². The Balaban J connectivity index is 1.73. The number of ether oxygens (including phenoxy) is 1. The molecule has 4 heteroatoms. The topological polar surface area (TPSA) is 54.4 Å². The third-order valence-corrected chi connectivity index (χ3v) is 3.88. The van der Waals surface area contributed by atoms with Crippen molar-refractivity contribution in [1.29, 1.82) is 0 Å². The minimum atomic E-state index is -0.335. The maximum atomic E-state index is 9.52. The van der Waals surface area contributed by atoms with Crippen LogP contribution in [0.2, 0.25) is 0 Å². The molecule has 3 rings (SSSR count). The van der Waals surface area contributed by atoms with E-state index in [0.29, 0.717) is 19.1 Å². The van der Waals surface area contributed by atoms with Crippen LogP contribution in [0.15, 0.2) is 42.7 Å². The number of aromatic nitrogens is 1. The SMILES string of the molecule is C[C@@H](O)Cc1cccc(-c2cncc(OC[C@@H]3CCN3)c2)c1. The van der Waals surface area contributed by atoms with Gasteiger partial charge in [-0.2, -0.15) is 0 Å². The summed E-state index contributed by atoms with van der Waals surface area (Å²) in [5, 5.41) is 12.8. The molecule has 1 aromatic carbocycles. The van der Waals surface area contributed by atoms with Crippen LogP contribution in [-0.4, -0.2) is 35.4 Å². The average molecular weight is 298 g/mol. The Hall–Kier alpha value is -1.91. The molecule has 2 atom stereocenters. The van der Waals surface area contributed by atoms with Gasteiger partial charge in [-0.25, -0.2) is 0 Å². The number of hydrogen-bond donors (Lipinski definition) is 2. The molecular formula is C18H22N2O2. The first kappa shape index (κ1) is 15.0. The average Bonchev–Trinajstić information content (AvgIpc) is 2.46. The van der Waals surface area contributed by atoms with Crippen molar-refractivity contribution in [2.45, 2.75) is 31.9 Å². The van der Waals surface area contributed by atoms with Crippen LogP contribution in [0.4, 0.5) is 0 Å². The highest BCUT2D eigenvalue weighted by atomic mass is 16.5. The summed E-state index contributed by atoms with van der Waals surface area (Å²) in [7, 11) is 0. The van der Waals surface area contributed by atoms with E-state index in [1.807, 2.05) is 24.4 Å². The van der Waals surface area contributed by atoms with Gasteiger partial charge in [0.2, 0.25) is 0 Å². The van der Waals surface area contributed by atoms with Gasteiger partial charge in [-0.05, 0) is 43.5 Å².